The zero-order chi connectivity index (χ0) is 18.1. The van der Waals surface area contributed by atoms with Crippen molar-refractivity contribution in [3.05, 3.63) is 54.1 Å². The molecule has 0 aliphatic heterocycles. The van der Waals surface area contributed by atoms with Crippen molar-refractivity contribution in [3.63, 3.8) is 0 Å². The molecule has 2 rings (SSSR count). The van der Waals surface area contributed by atoms with Crippen molar-refractivity contribution in [2.24, 2.45) is 0 Å². The number of aryl methyl sites for hydroxylation is 2. The van der Waals surface area contributed by atoms with Crippen LogP contribution in [0.1, 0.15) is 24.3 Å². The van der Waals surface area contributed by atoms with Crippen LogP contribution in [0.5, 0.6) is 0 Å². The van der Waals surface area contributed by atoms with Gasteiger partial charge in [0.15, 0.2) is 11.7 Å². The van der Waals surface area contributed by atoms with E-state index in [0.29, 0.717) is 37.5 Å². The van der Waals surface area contributed by atoms with Crippen LogP contribution in [-0.4, -0.2) is 30.5 Å². The fourth-order valence-corrected chi connectivity index (χ4v) is 2.13. The number of hydrogen-bond acceptors (Lipinski definition) is 5. The molecule has 0 radical (unpaired) electrons. The molecule has 0 fully saturated rings. The van der Waals surface area contributed by atoms with Gasteiger partial charge in [0.1, 0.15) is 0 Å². The second-order valence-corrected chi connectivity index (χ2v) is 5.55. The van der Waals surface area contributed by atoms with Gasteiger partial charge in [-0.15, -0.1) is 0 Å². The Morgan fingerprint density at radius 1 is 1.28 bits per heavy atom. The topological polar surface area (TPSA) is 81.4 Å². The van der Waals surface area contributed by atoms with Gasteiger partial charge < -0.3 is 14.5 Å². The fraction of sp³-hybridized carbons (Fsp3) is 0.316. The van der Waals surface area contributed by atoms with E-state index >= 15 is 0 Å². The van der Waals surface area contributed by atoms with Gasteiger partial charge in [-0.25, -0.2) is 9.78 Å². The smallest absolute Gasteiger partial charge is 0.330 e. The van der Waals surface area contributed by atoms with Gasteiger partial charge in [0, 0.05) is 31.0 Å². The third-order valence-corrected chi connectivity index (χ3v) is 3.54. The Bertz CT molecular complexity index is 732. The first-order valence-corrected chi connectivity index (χ1v) is 8.11. The second kappa shape index (κ2) is 9.42. The first-order valence-electron chi connectivity index (χ1n) is 8.11. The number of methoxy groups -OCH3 is 1. The third kappa shape index (κ3) is 6.25. The predicted octanol–water partition coefficient (Wildman–Crippen LogP) is 2.82. The SMILES string of the molecule is COC(=O)/C=C/CCNC(=O)CCc1ncc(-c2ccc(C)cc2)o1. The Morgan fingerprint density at radius 2 is 2.04 bits per heavy atom. The highest BCUT2D eigenvalue weighted by Gasteiger charge is 2.08. The molecule has 1 aromatic carbocycles. The molecule has 1 aromatic heterocycles. The molecule has 1 heterocycles. The number of benzene rings is 1. The predicted molar refractivity (Wildman–Crippen MR) is 93.8 cm³/mol. The van der Waals surface area contributed by atoms with Crippen molar-refractivity contribution in [2.75, 3.05) is 13.7 Å². The first-order chi connectivity index (χ1) is 12.1. The van der Waals surface area contributed by atoms with Gasteiger partial charge >= 0.3 is 5.97 Å². The number of nitrogens with one attached hydrogen (secondary N) is 1. The van der Waals surface area contributed by atoms with Crippen LogP contribution in [-0.2, 0) is 20.7 Å². The molecule has 0 bridgehead atoms. The van der Waals surface area contributed by atoms with Crippen LogP contribution in [0.3, 0.4) is 0 Å². The van der Waals surface area contributed by atoms with Gasteiger partial charge in [0.05, 0.1) is 13.3 Å². The number of esters is 1. The maximum absolute atomic E-state index is 11.8. The largest absolute Gasteiger partial charge is 0.466 e. The van der Waals surface area contributed by atoms with E-state index in [1.807, 2.05) is 31.2 Å². The number of oxazole rings is 1. The maximum Gasteiger partial charge on any atom is 0.330 e. The Balaban J connectivity index is 1.72. The summed E-state index contributed by atoms with van der Waals surface area (Å²) < 4.78 is 10.2. The number of carbonyl (C=O) groups is 2. The molecule has 0 atom stereocenters. The lowest BCUT2D eigenvalue weighted by Gasteiger charge is -2.02. The molecule has 0 aliphatic rings. The fourth-order valence-electron chi connectivity index (χ4n) is 2.13. The summed E-state index contributed by atoms with van der Waals surface area (Å²) in [5, 5.41) is 2.78. The van der Waals surface area contributed by atoms with E-state index in [2.05, 4.69) is 15.0 Å². The van der Waals surface area contributed by atoms with Crippen LogP contribution in [0.4, 0.5) is 0 Å². The number of carbonyl (C=O) groups excluding carboxylic acids is 2. The molecule has 1 N–H and O–H groups in total. The number of ether oxygens (including phenoxy) is 1. The van der Waals surface area contributed by atoms with E-state index in [-0.39, 0.29) is 5.91 Å². The number of rotatable bonds is 8. The monoisotopic (exact) mass is 342 g/mol. The van der Waals surface area contributed by atoms with Crippen LogP contribution in [0.15, 0.2) is 47.0 Å². The summed E-state index contributed by atoms with van der Waals surface area (Å²) in [4.78, 5) is 26.9. The van der Waals surface area contributed by atoms with Crippen molar-refractivity contribution in [1.82, 2.24) is 10.3 Å². The van der Waals surface area contributed by atoms with E-state index in [0.717, 1.165) is 5.56 Å². The van der Waals surface area contributed by atoms with E-state index < -0.39 is 5.97 Å². The molecular weight excluding hydrogens is 320 g/mol. The number of aromatic nitrogens is 1. The molecule has 25 heavy (non-hydrogen) atoms. The summed E-state index contributed by atoms with van der Waals surface area (Å²) in [6.07, 6.45) is 5.98. The molecular formula is C19H22N2O4. The van der Waals surface area contributed by atoms with E-state index in [1.54, 1.807) is 12.3 Å². The maximum atomic E-state index is 11.8. The Kier molecular flexibility index (Phi) is 6.95. The number of hydrogen-bond donors (Lipinski definition) is 1. The summed E-state index contributed by atoms with van der Waals surface area (Å²) >= 11 is 0. The van der Waals surface area contributed by atoms with Crippen LogP contribution in [0.25, 0.3) is 11.3 Å². The van der Waals surface area contributed by atoms with Crippen molar-refractivity contribution in [3.8, 4) is 11.3 Å². The number of amides is 1. The highest BCUT2D eigenvalue weighted by Crippen LogP contribution is 2.21. The molecule has 132 valence electrons. The normalized spacial score (nSPS) is 10.8. The van der Waals surface area contributed by atoms with Gasteiger partial charge in [-0.3, -0.25) is 4.79 Å². The summed E-state index contributed by atoms with van der Waals surface area (Å²) in [6, 6.07) is 7.99. The third-order valence-electron chi connectivity index (χ3n) is 3.54. The lowest BCUT2D eigenvalue weighted by molar-refractivity contribution is -0.134. The molecule has 6 heteroatoms. The van der Waals surface area contributed by atoms with Crippen molar-refractivity contribution >= 4 is 11.9 Å². The van der Waals surface area contributed by atoms with E-state index in [1.165, 1.54) is 18.7 Å². The number of nitrogens with zero attached hydrogens (tertiary/aromatic N) is 1. The van der Waals surface area contributed by atoms with Gasteiger partial charge in [0.25, 0.3) is 0 Å². The summed E-state index contributed by atoms with van der Waals surface area (Å²) in [5.74, 6) is 0.751. The summed E-state index contributed by atoms with van der Waals surface area (Å²) in [5.41, 5.74) is 2.15. The van der Waals surface area contributed by atoms with Crippen LogP contribution in [0, 0.1) is 6.92 Å². The highest BCUT2D eigenvalue weighted by atomic mass is 16.5. The molecule has 2 aromatic rings. The van der Waals surface area contributed by atoms with E-state index in [4.69, 9.17) is 4.42 Å². The van der Waals surface area contributed by atoms with E-state index in [9.17, 15) is 9.59 Å². The molecule has 0 aliphatic carbocycles. The molecule has 0 saturated carbocycles. The van der Waals surface area contributed by atoms with Gasteiger partial charge in [-0.1, -0.05) is 35.9 Å². The zero-order valence-corrected chi connectivity index (χ0v) is 14.5. The lowest BCUT2D eigenvalue weighted by Crippen LogP contribution is -2.24. The molecule has 0 saturated heterocycles. The minimum absolute atomic E-state index is 0.0819. The average Bonchev–Trinajstić information content (AvgIpc) is 3.09. The van der Waals surface area contributed by atoms with Gasteiger partial charge in [-0.2, -0.15) is 0 Å². The minimum Gasteiger partial charge on any atom is -0.466 e. The van der Waals surface area contributed by atoms with Gasteiger partial charge in [-0.05, 0) is 13.3 Å². The second-order valence-electron chi connectivity index (χ2n) is 5.55. The minimum atomic E-state index is -0.403. The Morgan fingerprint density at radius 3 is 2.76 bits per heavy atom. The molecule has 1 amide bonds. The lowest BCUT2D eigenvalue weighted by atomic mass is 10.1. The zero-order valence-electron chi connectivity index (χ0n) is 14.5. The van der Waals surface area contributed by atoms with Crippen molar-refractivity contribution in [1.29, 1.82) is 0 Å². The van der Waals surface area contributed by atoms with Crippen LogP contribution in [0.2, 0.25) is 0 Å². The molecule has 0 spiro atoms. The van der Waals surface area contributed by atoms with Crippen LogP contribution < -0.4 is 5.32 Å². The van der Waals surface area contributed by atoms with Crippen LogP contribution >= 0.6 is 0 Å². The standard InChI is InChI=1S/C19H22N2O4/c1-14-6-8-15(9-7-14)16-13-21-18(25-16)11-10-17(22)20-12-4-3-5-19(23)24-2/h3,5-9,13H,4,10-12H2,1-2H3,(H,20,22)/b5-3+. The Hall–Kier alpha value is -2.89. The average molecular weight is 342 g/mol. The molecule has 0 unspecified atom stereocenters. The van der Waals surface area contributed by atoms with Crippen molar-refractivity contribution < 1.29 is 18.7 Å². The molecule has 6 nitrogen and oxygen atoms in total. The van der Waals surface area contributed by atoms with Crippen molar-refractivity contribution in [2.45, 2.75) is 26.2 Å². The van der Waals surface area contributed by atoms with Gasteiger partial charge in [0.2, 0.25) is 5.91 Å². The summed E-state index contributed by atoms with van der Waals surface area (Å²) in [7, 11) is 1.32. The highest BCUT2D eigenvalue weighted by molar-refractivity contribution is 5.81. The Labute approximate surface area is 146 Å². The summed E-state index contributed by atoms with van der Waals surface area (Å²) in [6.45, 7) is 2.49. The quantitative estimate of drug-likeness (QED) is 0.453. The first kappa shape index (κ1) is 18.4.